The van der Waals surface area contributed by atoms with E-state index in [0.717, 1.165) is 17.9 Å². The monoisotopic (exact) mass is 274 g/mol. The van der Waals surface area contributed by atoms with E-state index in [4.69, 9.17) is 10.5 Å². The van der Waals surface area contributed by atoms with Crippen molar-refractivity contribution in [2.24, 2.45) is 0 Å². The molecular weight excluding hydrogens is 255 g/mol. The van der Waals surface area contributed by atoms with Crippen LogP contribution in [0.5, 0.6) is 5.75 Å². The van der Waals surface area contributed by atoms with E-state index in [1.807, 2.05) is 31.3 Å². The van der Waals surface area contributed by atoms with Crippen LogP contribution in [0.15, 0.2) is 42.5 Å². The number of hydrogen-bond donors (Lipinski definition) is 1. The van der Waals surface area contributed by atoms with Crippen molar-refractivity contribution in [3.05, 3.63) is 59.4 Å². The van der Waals surface area contributed by atoms with Crippen molar-refractivity contribution in [3.8, 4) is 5.75 Å². The Hall–Kier alpha value is -2.07. The van der Waals surface area contributed by atoms with E-state index in [1.54, 1.807) is 13.2 Å². The topological polar surface area (TPSA) is 38.5 Å². The van der Waals surface area contributed by atoms with E-state index in [-0.39, 0.29) is 5.82 Å². The summed E-state index contributed by atoms with van der Waals surface area (Å²) in [4.78, 5) is 2.11. The number of methoxy groups -OCH3 is 1. The third-order valence-electron chi connectivity index (χ3n) is 3.04. The Morgan fingerprint density at radius 1 is 1.05 bits per heavy atom. The molecule has 0 atom stereocenters. The van der Waals surface area contributed by atoms with Crippen LogP contribution < -0.4 is 10.5 Å². The number of rotatable bonds is 5. The maximum Gasteiger partial charge on any atom is 0.125 e. The highest BCUT2D eigenvalue weighted by Crippen LogP contribution is 2.15. The van der Waals surface area contributed by atoms with Crippen molar-refractivity contribution in [3.63, 3.8) is 0 Å². The molecule has 0 saturated heterocycles. The number of halogens is 1. The zero-order valence-corrected chi connectivity index (χ0v) is 11.8. The maximum atomic E-state index is 13.3. The van der Waals surface area contributed by atoms with Crippen LogP contribution in [0, 0.1) is 5.82 Å². The van der Waals surface area contributed by atoms with Gasteiger partial charge in [-0.25, -0.2) is 4.39 Å². The molecule has 0 amide bonds. The van der Waals surface area contributed by atoms with Gasteiger partial charge in [0, 0.05) is 18.8 Å². The van der Waals surface area contributed by atoms with Crippen LogP contribution in [0.3, 0.4) is 0 Å². The molecule has 20 heavy (non-hydrogen) atoms. The van der Waals surface area contributed by atoms with Gasteiger partial charge in [-0.2, -0.15) is 0 Å². The number of benzene rings is 2. The lowest BCUT2D eigenvalue weighted by Crippen LogP contribution is -2.17. The summed E-state index contributed by atoms with van der Waals surface area (Å²) in [6.45, 7) is 1.43. The normalized spacial score (nSPS) is 10.8. The van der Waals surface area contributed by atoms with Crippen molar-refractivity contribution < 1.29 is 9.13 Å². The van der Waals surface area contributed by atoms with Crippen molar-refractivity contribution >= 4 is 5.69 Å². The summed E-state index contributed by atoms with van der Waals surface area (Å²) >= 11 is 0. The molecule has 2 N–H and O–H groups in total. The number of hydrogen-bond acceptors (Lipinski definition) is 3. The van der Waals surface area contributed by atoms with Gasteiger partial charge in [-0.1, -0.05) is 12.1 Å². The van der Waals surface area contributed by atoms with Gasteiger partial charge < -0.3 is 10.5 Å². The molecule has 0 aromatic heterocycles. The number of ether oxygens (including phenoxy) is 1. The van der Waals surface area contributed by atoms with Gasteiger partial charge in [0.15, 0.2) is 0 Å². The molecule has 0 radical (unpaired) electrons. The summed E-state index contributed by atoms with van der Waals surface area (Å²) in [6.07, 6.45) is 0. The predicted molar refractivity (Wildman–Crippen MR) is 79.0 cm³/mol. The molecule has 0 bridgehead atoms. The average Bonchev–Trinajstić information content (AvgIpc) is 2.38. The number of nitrogens with two attached hydrogens (primary N) is 1. The summed E-state index contributed by atoms with van der Waals surface area (Å²) in [7, 11) is 3.64. The summed E-state index contributed by atoms with van der Waals surface area (Å²) in [5.74, 6) is 0.548. The predicted octanol–water partition coefficient (Wildman–Crippen LogP) is 3.05. The fourth-order valence-corrected chi connectivity index (χ4v) is 2.18. The van der Waals surface area contributed by atoms with E-state index in [0.29, 0.717) is 12.2 Å². The van der Waals surface area contributed by atoms with E-state index in [2.05, 4.69) is 4.90 Å². The van der Waals surface area contributed by atoms with Crippen molar-refractivity contribution in [2.75, 3.05) is 19.9 Å². The summed E-state index contributed by atoms with van der Waals surface area (Å²) in [6, 6.07) is 12.6. The average molecular weight is 274 g/mol. The lowest BCUT2D eigenvalue weighted by molar-refractivity contribution is 0.318. The van der Waals surface area contributed by atoms with Gasteiger partial charge in [-0.15, -0.1) is 0 Å². The maximum absolute atomic E-state index is 13.3. The first kappa shape index (κ1) is 14.3. The van der Waals surface area contributed by atoms with Gasteiger partial charge in [0.05, 0.1) is 7.11 Å². The fraction of sp³-hybridized carbons (Fsp3) is 0.250. The van der Waals surface area contributed by atoms with Gasteiger partial charge in [0.25, 0.3) is 0 Å². The van der Waals surface area contributed by atoms with Crippen LogP contribution >= 0.6 is 0 Å². The van der Waals surface area contributed by atoms with E-state index in [1.165, 1.54) is 17.7 Å². The molecule has 2 aromatic carbocycles. The molecule has 106 valence electrons. The number of nitrogens with zero attached hydrogens (tertiary/aromatic N) is 1. The Labute approximate surface area is 118 Å². The van der Waals surface area contributed by atoms with Crippen molar-refractivity contribution in [2.45, 2.75) is 13.1 Å². The van der Waals surface area contributed by atoms with Crippen molar-refractivity contribution in [1.82, 2.24) is 4.90 Å². The Kier molecular flexibility index (Phi) is 4.58. The van der Waals surface area contributed by atoms with Crippen LogP contribution in [0.2, 0.25) is 0 Å². The summed E-state index contributed by atoms with van der Waals surface area (Å²) < 4.78 is 18.4. The molecular formula is C16H19FN2O. The molecule has 2 aromatic rings. The SMILES string of the molecule is COc1ccc(CN(C)Cc2cc(N)cc(F)c2)cc1. The second kappa shape index (κ2) is 6.39. The first-order valence-corrected chi connectivity index (χ1v) is 6.43. The smallest absolute Gasteiger partial charge is 0.125 e. The highest BCUT2D eigenvalue weighted by Gasteiger charge is 2.04. The molecule has 0 heterocycles. The second-order valence-electron chi connectivity index (χ2n) is 4.91. The molecule has 2 rings (SSSR count). The standard InChI is InChI=1S/C16H19FN2O/c1-19(10-12-3-5-16(20-2)6-4-12)11-13-7-14(17)9-15(18)8-13/h3-9H,10-11,18H2,1-2H3. The first-order chi connectivity index (χ1) is 9.56. The first-order valence-electron chi connectivity index (χ1n) is 6.43. The van der Waals surface area contributed by atoms with Gasteiger partial charge in [0.2, 0.25) is 0 Å². The van der Waals surface area contributed by atoms with E-state index in [9.17, 15) is 4.39 Å². The quantitative estimate of drug-likeness (QED) is 0.852. The Balaban J connectivity index is 1.98. The molecule has 0 fully saturated rings. The molecule has 0 saturated carbocycles. The van der Waals surface area contributed by atoms with Crippen LogP contribution in [0.25, 0.3) is 0 Å². The molecule has 4 heteroatoms. The Bertz CT molecular complexity index is 549. The van der Waals surface area contributed by atoms with Gasteiger partial charge in [-0.05, 0) is 48.5 Å². The Morgan fingerprint density at radius 3 is 2.30 bits per heavy atom. The van der Waals surface area contributed by atoms with Gasteiger partial charge in [0.1, 0.15) is 11.6 Å². The van der Waals surface area contributed by atoms with Crippen LogP contribution in [-0.2, 0) is 13.1 Å². The minimum atomic E-state index is -0.294. The third kappa shape index (κ3) is 3.96. The van der Waals surface area contributed by atoms with Crippen LogP contribution in [0.4, 0.5) is 10.1 Å². The molecule has 0 aliphatic carbocycles. The molecule has 3 nitrogen and oxygen atoms in total. The lowest BCUT2D eigenvalue weighted by atomic mass is 10.1. The highest BCUT2D eigenvalue weighted by atomic mass is 19.1. The molecule has 0 unspecified atom stereocenters. The van der Waals surface area contributed by atoms with Crippen molar-refractivity contribution in [1.29, 1.82) is 0 Å². The van der Waals surface area contributed by atoms with Gasteiger partial charge >= 0.3 is 0 Å². The summed E-state index contributed by atoms with van der Waals surface area (Å²) in [5, 5.41) is 0. The molecule has 0 aliphatic heterocycles. The summed E-state index contributed by atoms with van der Waals surface area (Å²) in [5.41, 5.74) is 8.16. The van der Waals surface area contributed by atoms with Gasteiger partial charge in [-0.3, -0.25) is 4.90 Å². The molecule has 0 aliphatic rings. The third-order valence-corrected chi connectivity index (χ3v) is 3.04. The number of nitrogen functional groups attached to an aromatic ring is 1. The van der Waals surface area contributed by atoms with Crippen LogP contribution in [0.1, 0.15) is 11.1 Å². The minimum absolute atomic E-state index is 0.294. The highest BCUT2D eigenvalue weighted by molar-refractivity contribution is 5.41. The molecule has 0 spiro atoms. The zero-order chi connectivity index (χ0) is 14.5. The second-order valence-corrected chi connectivity index (χ2v) is 4.91. The minimum Gasteiger partial charge on any atom is -0.497 e. The fourth-order valence-electron chi connectivity index (χ4n) is 2.18. The van der Waals surface area contributed by atoms with E-state index >= 15 is 0 Å². The van der Waals surface area contributed by atoms with E-state index < -0.39 is 0 Å². The number of anilines is 1. The Morgan fingerprint density at radius 2 is 1.70 bits per heavy atom. The largest absolute Gasteiger partial charge is 0.497 e. The lowest BCUT2D eigenvalue weighted by Gasteiger charge is -2.17. The van der Waals surface area contributed by atoms with Crippen LogP contribution in [-0.4, -0.2) is 19.1 Å². The zero-order valence-electron chi connectivity index (χ0n) is 11.8.